The molecule has 0 saturated heterocycles. The number of carbonyl (C=O) groups is 2. The van der Waals surface area contributed by atoms with Crippen molar-refractivity contribution in [3.8, 4) is 0 Å². The lowest BCUT2D eigenvalue weighted by Crippen LogP contribution is -2.30. The van der Waals surface area contributed by atoms with Gasteiger partial charge in [0.25, 0.3) is 0 Å². The Hall–Kier alpha value is -2.11. The van der Waals surface area contributed by atoms with Gasteiger partial charge in [-0.25, -0.2) is 9.59 Å². The lowest BCUT2D eigenvalue weighted by Gasteiger charge is -2.22. The lowest BCUT2D eigenvalue weighted by atomic mass is 9.95. The van der Waals surface area contributed by atoms with E-state index in [9.17, 15) is 22.8 Å². The van der Waals surface area contributed by atoms with Gasteiger partial charge in [0.1, 0.15) is 16.0 Å². The number of alkyl halides is 3. The van der Waals surface area contributed by atoms with Crippen LogP contribution in [0.4, 0.5) is 23.0 Å². The fourth-order valence-corrected chi connectivity index (χ4v) is 7.87. The summed E-state index contributed by atoms with van der Waals surface area (Å²) in [5.41, 5.74) is 2.18. The summed E-state index contributed by atoms with van der Waals surface area (Å²) in [6.07, 6.45) is 4.43. The van der Waals surface area contributed by atoms with Gasteiger partial charge in [-0.05, 0) is 81.0 Å². The summed E-state index contributed by atoms with van der Waals surface area (Å²) >= 11 is 2.12. The summed E-state index contributed by atoms with van der Waals surface area (Å²) in [4.78, 5) is 27.1. The van der Waals surface area contributed by atoms with Gasteiger partial charge in [-0.2, -0.15) is 13.2 Å². The van der Waals surface area contributed by atoms with Gasteiger partial charge in [0.05, 0.1) is 5.56 Å². The van der Waals surface area contributed by atoms with Gasteiger partial charge in [-0.15, -0.1) is 22.7 Å². The number of ether oxygens (including phenoxy) is 1. The molecule has 2 aromatic rings. The fourth-order valence-electron chi connectivity index (χ4n) is 5.40. The Morgan fingerprint density at radius 3 is 2.53 bits per heavy atom. The highest BCUT2D eigenvalue weighted by Crippen LogP contribution is 2.42. The van der Waals surface area contributed by atoms with Crippen LogP contribution >= 0.6 is 22.7 Å². The Morgan fingerprint density at radius 2 is 1.75 bits per heavy atom. The number of aryl methyl sites for hydroxylation is 1. The molecule has 0 unspecified atom stereocenters. The maximum absolute atomic E-state index is 13.7. The molecule has 1 aliphatic heterocycles. The first-order chi connectivity index (χ1) is 17.3. The summed E-state index contributed by atoms with van der Waals surface area (Å²) in [7, 11) is 0. The molecule has 0 radical (unpaired) electrons. The highest BCUT2D eigenvalue weighted by atomic mass is 32.1. The Kier molecular flexibility index (Phi) is 7.60. The maximum Gasteiger partial charge on any atom is 0.425 e. The lowest BCUT2D eigenvalue weighted by molar-refractivity contribution is -0.135. The van der Waals surface area contributed by atoms with Crippen LogP contribution in [0.15, 0.2) is 0 Å². The van der Waals surface area contributed by atoms with Crippen molar-refractivity contribution in [1.82, 2.24) is 10.6 Å². The highest BCUT2D eigenvalue weighted by molar-refractivity contribution is 7.17. The molecule has 2 amide bonds. The number of fused-ring (bicyclic) bond motifs is 2. The van der Waals surface area contributed by atoms with Crippen LogP contribution in [0, 0.1) is 0 Å². The molecule has 0 atom stereocenters. The van der Waals surface area contributed by atoms with Crippen LogP contribution in [-0.4, -0.2) is 24.6 Å². The van der Waals surface area contributed by atoms with E-state index >= 15 is 0 Å². The van der Waals surface area contributed by atoms with E-state index in [1.165, 1.54) is 11.3 Å². The number of urea groups is 1. The van der Waals surface area contributed by atoms with E-state index in [2.05, 4.69) is 16.0 Å². The van der Waals surface area contributed by atoms with Crippen LogP contribution < -0.4 is 16.0 Å². The van der Waals surface area contributed by atoms with Crippen molar-refractivity contribution in [1.29, 1.82) is 0 Å². The van der Waals surface area contributed by atoms with Crippen molar-refractivity contribution < 1.29 is 27.5 Å². The first-order valence-corrected chi connectivity index (χ1v) is 14.3. The van der Waals surface area contributed by atoms with Crippen molar-refractivity contribution in [2.45, 2.75) is 89.6 Å². The van der Waals surface area contributed by atoms with Gasteiger partial charge in [0, 0.05) is 22.8 Å². The monoisotopic (exact) mass is 541 g/mol. The van der Waals surface area contributed by atoms with Crippen LogP contribution in [0.5, 0.6) is 0 Å². The molecule has 196 valence electrons. The molecule has 5 rings (SSSR count). The zero-order valence-electron chi connectivity index (χ0n) is 19.9. The summed E-state index contributed by atoms with van der Waals surface area (Å²) in [6, 6.07) is -0.623. The van der Waals surface area contributed by atoms with E-state index in [0.717, 1.165) is 79.6 Å². The Morgan fingerprint density at radius 1 is 0.972 bits per heavy atom. The van der Waals surface area contributed by atoms with Crippen molar-refractivity contribution >= 4 is 39.7 Å². The molecular formula is C25H30F3N3O3S2. The van der Waals surface area contributed by atoms with E-state index in [0.29, 0.717) is 40.5 Å². The van der Waals surface area contributed by atoms with Gasteiger partial charge in [0.15, 0.2) is 0 Å². The first kappa shape index (κ1) is 25.5. The molecule has 6 nitrogen and oxygen atoms in total. The molecule has 3 N–H and O–H groups in total. The van der Waals surface area contributed by atoms with E-state index < -0.39 is 23.1 Å². The molecule has 1 saturated carbocycles. The van der Waals surface area contributed by atoms with Gasteiger partial charge in [0.2, 0.25) is 0 Å². The number of nitrogens with one attached hydrogen (secondary N) is 3. The molecular weight excluding hydrogens is 511 g/mol. The van der Waals surface area contributed by atoms with Gasteiger partial charge >= 0.3 is 18.2 Å². The topological polar surface area (TPSA) is 79.5 Å². The fraction of sp³-hybridized carbons (Fsp3) is 0.600. The number of amides is 2. The van der Waals surface area contributed by atoms with E-state index in [4.69, 9.17) is 4.74 Å². The number of anilines is 1. The first-order valence-electron chi connectivity index (χ1n) is 12.6. The third-order valence-electron chi connectivity index (χ3n) is 7.15. The molecule has 1 fully saturated rings. The van der Waals surface area contributed by atoms with Gasteiger partial charge in [-0.3, -0.25) is 5.32 Å². The van der Waals surface area contributed by atoms with E-state index in [-0.39, 0.29) is 18.2 Å². The summed E-state index contributed by atoms with van der Waals surface area (Å²) in [6.45, 7) is 0.787. The quantitative estimate of drug-likeness (QED) is 0.396. The molecule has 2 aliphatic carbocycles. The highest BCUT2D eigenvalue weighted by Gasteiger charge is 2.38. The number of thiophene rings is 2. The standard InChI is InChI=1S/C25H30F3N3O3S2/c26-25(27,28)21-17(15-10-11-29-13-19(15)35-21)12-30-24(33)31-22-20(16-8-4-5-9-18(16)36-22)23(32)34-14-6-2-1-3-7-14/h14,29H,1-13H2,(H2,30,31,33). The van der Waals surface area contributed by atoms with Crippen molar-refractivity contribution in [2.24, 2.45) is 0 Å². The molecule has 0 aromatic carbocycles. The number of carbonyl (C=O) groups excluding carboxylic acids is 2. The molecule has 0 bridgehead atoms. The van der Waals surface area contributed by atoms with Crippen LogP contribution in [0.2, 0.25) is 0 Å². The van der Waals surface area contributed by atoms with Crippen LogP contribution in [-0.2, 0) is 43.3 Å². The molecule has 3 aliphatic rings. The van der Waals surface area contributed by atoms with Gasteiger partial charge in [-0.1, -0.05) is 6.42 Å². The zero-order chi connectivity index (χ0) is 25.3. The Labute approximate surface area is 216 Å². The van der Waals surface area contributed by atoms with Crippen LogP contribution in [0.3, 0.4) is 0 Å². The van der Waals surface area contributed by atoms with Crippen molar-refractivity contribution in [3.05, 3.63) is 36.9 Å². The zero-order valence-corrected chi connectivity index (χ0v) is 21.6. The number of halogens is 3. The average molecular weight is 542 g/mol. The predicted molar refractivity (Wildman–Crippen MR) is 134 cm³/mol. The van der Waals surface area contributed by atoms with E-state index in [1.54, 1.807) is 0 Å². The van der Waals surface area contributed by atoms with Crippen LogP contribution in [0.1, 0.15) is 86.6 Å². The smallest absolute Gasteiger partial charge is 0.425 e. The van der Waals surface area contributed by atoms with Crippen molar-refractivity contribution in [3.63, 3.8) is 0 Å². The summed E-state index contributed by atoms with van der Waals surface area (Å²) in [5, 5.41) is 8.90. The van der Waals surface area contributed by atoms with Crippen molar-refractivity contribution in [2.75, 3.05) is 11.9 Å². The third kappa shape index (κ3) is 5.43. The second-order valence-electron chi connectivity index (χ2n) is 9.62. The van der Waals surface area contributed by atoms with Gasteiger partial charge < -0.3 is 15.4 Å². The second-order valence-corrected chi connectivity index (χ2v) is 11.8. The second kappa shape index (κ2) is 10.7. The number of esters is 1. The molecule has 11 heteroatoms. The number of rotatable bonds is 5. The minimum atomic E-state index is -4.47. The maximum atomic E-state index is 13.7. The Balaban J connectivity index is 1.32. The minimum absolute atomic E-state index is 0.105. The molecule has 2 aromatic heterocycles. The van der Waals surface area contributed by atoms with Crippen LogP contribution in [0.25, 0.3) is 0 Å². The largest absolute Gasteiger partial charge is 0.459 e. The third-order valence-corrected chi connectivity index (χ3v) is 9.68. The Bertz CT molecular complexity index is 1140. The molecule has 3 heterocycles. The SMILES string of the molecule is O=C(NCc1c(C(F)(F)F)sc2c1CCNC2)Nc1sc2c(c1C(=O)OC1CCCCC1)CCCC2. The van der Waals surface area contributed by atoms with E-state index in [1.807, 2.05) is 0 Å². The summed E-state index contributed by atoms with van der Waals surface area (Å²) in [5.74, 6) is -0.407. The predicted octanol–water partition coefficient (Wildman–Crippen LogP) is 6.16. The molecule has 36 heavy (non-hydrogen) atoms. The molecule has 0 spiro atoms. The number of hydrogen-bond donors (Lipinski definition) is 3. The normalized spacial score (nSPS) is 18.3. The summed E-state index contributed by atoms with van der Waals surface area (Å²) < 4.78 is 46.9. The number of hydrogen-bond acceptors (Lipinski definition) is 6. The minimum Gasteiger partial charge on any atom is -0.459 e. The average Bonchev–Trinajstić information content (AvgIpc) is 3.41.